The van der Waals surface area contributed by atoms with Crippen LogP contribution in [0.1, 0.15) is 38.4 Å². The molecular formula is C25H24N4O2. The van der Waals surface area contributed by atoms with E-state index in [0.717, 1.165) is 16.8 Å². The fraction of sp³-hybridized carbons (Fsp3) is 0.160. The third-order valence-electron chi connectivity index (χ3n) is 4.86. The largest absolute Gasteiger partial charge is 0.321 e. The number of nitriles is 1. The van der Waals surface area contributed by atoms with E-state index < -0.39 is 5.91 Å². The normalized spacial score (nSPS) is 11.0. The first-order valence-electron chi connectivity index (χ1n) is 9.85. The van der Waals surface area contributed by atoms with Gasteiger partial charge in [0.05, 0.1) is 0 Å². The van der Waals surface area contributed by atoms with Gasteiger partial charge < -0.3 is 5.32 Å². The molecule has 0 spiro atoms. The maximum absolute atomic E-state index is 12.7. The van der Waals surface area contributed by atoms with Crippen molar-refractivity contribution in [2.75, 3.05) is 10.7 Å². The van der Waals surface area contributed by atoms with Crippen molar-refractivity contribution in [1.29, 1.82) is 5.26 Å². The summed E-state index contributed by atoms with van der Waals surface area (Å²) in [5.74, 6) is -0.725. The molecule has 6 nitrogen and oxygen atoms in total. The van der Waals surface area contributed by atoms with Crippen LogP contribution < -0.4 is 10.7 Å². The summed E-state index contributed by atoms with van der Waals surface area (Å²) in [5, 5.41) is 12.3. The third-order valence-corrected chi connectivity index (χ3v) is 4.86. The molecule has 2 aromatic carbocycles. The molecule has 0 radical (unpaired) electrons. The Morgan fingerprint density at radius 1 is 0.968 bits per heavy atom. The number of aromatic nitrogens is 1. The molecule has 0 aliphatic heterocycles. The zero-order valence-electron chi connectivity index (χ0n) is 18.0. The van der Waals surface area contributed by atoms with Crippen molar-refractivity contribution in [2.24, 2.45) is 0 Å². The van der Waals surface area contributed by atoms with E-state index in [4.69, 9.17) is 0 Å². The fourth-order valence-corrected chi connectivity index (χ4v) is 3.41. The van der Waals surface area contributed by atoms with Gasteiger partial charge in [-0.25, -0.2) is 0 Å². The average Bonchev–Trinajstić information content (AvgIpc) is 2.99. The van der Waals surface area contributed by atoms with Crippen LogP contribution in [0.2, 0.25) is 0 Å². The number of nitrogens with one attached hydrogen (secondary N) is 2. The first kappa shape index (κ1) is 21.6. The summed E-state index contributed by atoms with van der Waals surface area (Å²) in [6, 6.07) is 18.4. The van der Waals surface area contributed by atoms with Gasteiger partial charge in [-0.15, -0.1) is 0 Å². The SMILES string of the molecule is Cc1cc(C)cc(NC(=O)/C(C#N)=C\c2cc(C)n(NC(=O)c3ccccc3)c2C)c1. The van der Waals surface area contributed by atoms with E-state index >= 15 is 0 Å². The highest BCUT2D eigenvalue weighted by molar-refractivity contribution is 6.09. The summed E-state index contributed by atoms with van der Waals surface area (Å²) in [6.07, 6.45) is 1.53. The number of hydrogen-bond donors (Lipinski definition) is 2. The molecule has 156 valence electrons. The zero-order valence-corrected chi connectivity index (χ0v) is 18.0. The Bertz CT molecular complexity index is 1190. The highest BCUT2D eigenvalue weighted by Gasteiger charge is 2.15. The van der Waals surface area contributed by atoms with Gasteiger partial charge in [0.25, 0.3) is 11.8 Å². The number of anilines is 1. The molecule has 0 saturated carbocycles. The Balaban J connectivity index is 1.84. The van der Waals surface area contributed by atoms with Gasteiger partial charge >= 0.3 is 0 Å². The predicted molar refractivity (Wildman–Crippen MR) is 122 cm³/mol. The first-order chi connectivity index (χ1) is 14.8. The van der Waals surface area contributed by atoms with Crippen molar-refractivity contribution < 1.29 is 9.59 Å². The standard InChI is InChI=1S/C25H24N4O2/c1-16-10-17(2)12-23(11-16)27-24(30)22(15-26)14-21-13-18(3)29(19(21)4)28-25(31)20-8-6-5-7-9-20/h5-14H,1-4H3,(H,27,30)(H,28,31)/b22-14-. The number of amides is 2. The second-order valence-electron chi connectivity index (χ2n) is 7.47. The highest BCUT2D eigenvalue weighted by Crippen LogP contribution is 2.19. The highest BCUT2D eigenvalue weighted by atomic mass is 16.2. The van der Waals surface area contributed by atoms with E-state index in [1.54, 1.807) is 28.9 Å². The minimum absolute atomic E-state index is 0.0196. The van der Waals surface area contributed by atoms with Crippen molar-refractivity contribution in [3.05, 3.63) is 93.8 Å². The topological polar surface area (TPSA) is 86.9 Å². The summed E-state index contributed by atoms with van der Waals surface area (Å²) >= 11 is 0. The Kier molecular flexibility index (Phi) is 6.37. The van der Waals surface area contributed by atoms with Crippen molar-refractivity contribution in [2.45, 2.75) is 27.7 Å². The quantitative estimate of drug-likeness (QED) is 0.472. The lowest BCUT2D eigenvalue weighted by atomic mass is 10.1. The van der Waals surface area contributed by atoms with Crippen LogP contribution in [0.4, 0.5) is 5.69 Å². The van der Waals surface area contributed by atoms with E-state index in [0.29, 0.717) is 22.5 Å². The van der Waals surface area contributed by atoms with Crippen molar-refractivity contribution in [3.63, 3.8) is 0 Å². The molecule has 0 aliphatic carbocycles. The van der Waals surface area contributed by atoms with Crippen molar-refractivity contribution in [3.8, 4) is 6.07 Å². The monoisotopic (exact) mass is 412 g/mol. The minimum Gasteiger partial charge on any atom is -0.321 e. The van der Waals surface area contributed by atoms with Gasteiger partial charge in [-0.1, -0.05) is 24.3 Å². The van der Waals surface area contributed by atoms with Gasteiger partial charge in [0, 0.05) is 22.6 Å². The maximum Gasteiger partial charge on any atom is 0.270 e. The van der Waals surface area contributed by atoms with Crippen molar-refractivity contribution in [1.82, 2.24) is 4.68 Å². The van der Waals surface area contributed by atoms with Crippen LogP contribution in [0.3, 0.4) is 0 Å². The predicted octanol–water partition coefficient (Wildman–Crippen LogP) is 4.65. The Labute approximate surface area is 181 Å². The molecule has 2 N–H and O–H groups in total. The van der Waals surface area contributed by atoms with E-state index in [1.807, 2.05) is 64.1 Å². The summed E-state index contributed by atoms with van der Waals surface area (Å²) in [6.45, 7) is 7.56. The van der Waals surface area contributed by atoms with Crippen LogP contribution in [0.25, 0.3) is 6.08 Å². The number of carbonyl (C=O) groups excluding carboxylic acids is 2. The van der Waals surface area contributed by atoms with Crippen LogP contribution >= 0.6 is 0 Å². The second-order valence-corrected chi connectivity index (χ2v) is 7.47. The van der Waals surface area contributed by atoms with Gasteiger partial charge in [0.15, 0.2) is 0 Å². The minimum atomic E-state index is -0.481. The van der Waals surface area contributed by atoms with Gasteiger partial charge in [-0.2, -0.15) is 5.26 Å². The molecule has 0 saturated heterocycles. The van der Waals surface area contributed by atoms with E-state index in [-0.39, 0.29) is 11.5 Å². The van der Waals surface area contributed by atoms with E-state index in [9.17, 15) is 14.9 Å². The number of benzene rings is 2. The third kappa shape index (κ3) is 5.09. The Morgan fingerprint density at radius 3 is 2.23 bits per heavy atom. The molecule has 3 rings (SSSR count). The van der Waals surface area contributed by atoms with Crippen LogP contribution in [0.5, 0.6) is 0 Å². The average molecular weight is 412 g/mol. The molecule has 0 fully saturated rings. The molecule has 0 aliphatic rings. The molecular weight excluding hydrogens is 388 g/mol. The van der Waals surface area contributed by atoms with Crippen LogP contribution in [-0.2, 0) is 4.79 Å². The zero-order chi connectivity index (χ0) is 22.5. The fourth-order valence-electron chi connectivity index (χ4n) is 3.41. The number of nitrogens with zero attached hydrogens (tertiary/aromatic N) is 2. The molecule has 0 bridgehead atoms. The lowest BCUT2D eigenvalue weighted by Crippen LogP contribution is -2.24. The molecule has 0 atom stereocenters. The number of hydrogen-bond acceptors (Lipinski definition) is 3. The lowest BCUT2D eigenvalue weighted by Gasteiger charge is -2.11. The van der Waals surface area contributed by atoms with Gasteiger partial charge in [-0.3, -0.25) is 19.7 Å². The molecule has 1 aromatic heterocycles. The smallest absolute Gasteiger partial charge is 0.270 e. The molecule has 31 heavy (non-hydrogen) atoms. The summed E-state index contributed by atoms with van der Waals surface area (Å²) in [7, 11) is 0. The van der Waals surface area contributed by atoms with Gasteiger partial charge in [-0.05, 0) is 80.8 Å². The summed E-state index contributed by atoms with van der Waals surface area (Å²) in [4.78, 5) is 25.2. The van der Waals surface area contributed by atoms with Gasteiger partial charge in [0.2, 0.25) is 0 Å². The Hall–Kier alpha value is -4.11. The molecule has 0 unspecified atom stereocenters. The second kappa shape index (κ2) is 9.14. The van der Waals surface area contributed by atoms with E-state index in [2.05, 4.69) is 10.7 Å². The van der Waals surface area contributed by atoms with E-state index in [1.165, 1.54) is 6.08 Å². The van der Waals surface area contributed by atoms with Crippen LogP contribution in [-0.4, -0.2) is 16.5 Å². The number of aryl methyl sites for hydroxylation is 3. The summed E-state index contributed by atoms with van der Waals surface area (Å²) in [5.41, 5.74) is 8.24. The maximum atomic E-state index is 12.7. The number of rotatable bonds is 5. The Morgan fingerprint density at radius 2 is 1.61 bits per heavy atom. The molecule has 1 heterocycles. The van der Waals surface area contributed by atoms with Crippen molar-refractivity contribution >= 4 is 23.6 Å². The van der Waals surface area contributed by atoms with Gasteiger partial charge in [0.1, 0.15) is 11.6 Å². The molecule has 6 heteroatoms. The molecule has 2 amide bonds. The molecule has 3 aromatic rings. The van der Waals surface area contributed by atoms with Crippen LogP contribution in [0, 0.1) is 39.0 Å². The van der Waals surface area contributed by atoms with Crippen LogP contribution in [0.15, 0.2) is 60.2 Å². The summed E-state index contributed by atoms with van der Waals surface area (Å²) < 4.78 is 1.65. The number of carbonyl (C=O) groups is 2. The lowest BCUT2D eigenvalue weighted by molar-refractivity contribution is -0.112. The first-order valence-corrected chi connectivity index (χ1v) is 9.85.